The molecule has 0 spiro atoms. The Kier molecular flexibility index (Phi) is 8.37. The van der Waals surface area contributed by atoms with Crippen LogP contribution in [0, 0.1) is 5.92 Å². The monoisotopic (exact) mass is 416 g/mol. The zero-order valence-electron chi connectivity index (χ0n) is 18.4. The van der Waals surface area contributed by atoms with Gasteiger partial charge in [-0.15, -0.1) is 0 Å². The molecule has 0 radical (unpaired) electrons. The highest BCUT2D eigenvalue weighted by molar-refractivity contribution is 5.92. The second-order valence-electron chi connectivity index (χ2n) is 8.73. The molecule has 0 saturated carbocycles. The molecule has 0 aromatic heterocycles. The van der Waals surface area contributed by atoms with Crippen molar-refractivity contribution in [2.45, 2.75) is 39.5 Å². The van der Waals surface area contributed by atoms with Crippen LogP contribution < -0.4 is 10.2 Å². The normalized spacial score (nSPS) is 18.2. The van der Waals surface area contributed by atoms with E-state index in [1.165, 1.54) is 24.9 Å². The lowest BCUT2D eigenvalue weighted by Gasteiger charge is -2.28. The van der Waals surface area contributed by atoms with Crippen molar-refractivity contribution in [1.29, 1.82) is 0 Å². The standard InChI is InChI=1S/C23H36N4O3/c1-19(2)18-30-23(29)27-14-6-11-25(15-16-27)17-22(28)24-20-7-9-21(10-8-20)26-12-4-3-5-13-26/h7-10,19H,3-6,11-18H2,1-2H3,(H,24,28). The van der Waals surface area contributed by atoms with Crippen LogP contribution in [0.25, 0.3) is 0 Å². The summed E-state index contributed by atoms with van der Waals surface area (Å²) in [6, 6.07) is 8.15. The van der Waals surface area contributed by atoms with E-state index in [-0.39, 0.29) is 12.0 Å². The molecule has 1 aromatic rings. The molecule has 2 fully saturated rings. The minimum absolute atomic E-state index is 0.0171. The molecule has 0 aliphatic carbocycles. The molecule has 2 heterocycles. The van der Waals surface area contributed by atoms with Crippen LogP contribution in [0.3, 0.4) is 0 Å². The van der Waals surface area contributed by atoms with Gasteiger partial charge in [-0.25, -0.2) is 4.79 Å². The van der Waals surface area contributed by atoms with Crippen molar-refractivity contribution in [3.63, 3.8) is 0 Å². The van der Waals surface area contributed by atoms with Crippen LogP contribution in [-0.2, 0) is 9.53 Å². The van der Waals surface area contributed by atoms with Crippen LogP contribution in [0.2, 0.25) is 0 Å². The van der Waals surface area contributed by atoms with E-state index < -0.39 is 0 Å². The number of hydrogen-bond acceptors (Lipinski definition) is 5. The molecule has 1 N–H and O–H groups in total. The Bertz CT molecular complexity index is 686. The first-order valence-corrected chi connectivity index (χ1v) is 11.3. The van der Waals surface area contributed by atoms with Crippen molar-refractivity contribution in [3.05, 3.63) is 24.3 Å². The first-order chi connectivity index (χ1) is 14.5. The molecule has 7 heteroatoms. The Morgan fingerprint density at radius 3 is 2.37 bits per heavy atom. The summed E-state index contributed by atoms with van der Waals surface area (Å²) in [5.74, 6) is 0.312. The van der Waals surface area contributed by atoms with Crippen LogP contribution in [0.4, 0.5) is 16.2 Å². The van der Waals surface area contributed by atoms with Gasteiger partial charge in [0.1, 0.15) is 0 Å². The molecule has 1 aromatic carbocycles. The van der Waals surface area contributed by atoms with E-state index in [2.05, 4.69) is 27.2 Å². The van der Waals surface area contributed by atoms with Gasteiger partial charge in [0.25, 0.3) is 0 Å². The van der Waals surface area contributed by atoms with Crippen molar-refractivity contribution in [1.82, 2.24) is 9.80 Å². The number of hydrogen-bond donors (Lipinski definition) is 1. The first kappa shape index (κ1) is 22.4. The Hall–Kier alpha value is -2.28. The van der Waals surface area contributed by atoms with Gasteiger partial charge in [0.05, 0.1) is 13.2 Å². The van der Waals surface area contributed by atoms with Crippen molar-refractivity contribution in [3.8, 4) is 0 Å². The summed E-state index contributed by atoms with van der Waals surface area (Å²) in [6.45, 7) is 9.80. The number of ether oxygens (including phenoxy) is 1. The van der Waals surface area contributed by atoms with Crippen molar-refractivity contribution in [2.24, 2.45) is 5.92 Å². The molecule has 0 unspecified atom stereocenters. The van der Waals surface area contributed by atoms with Gasteiger partial charge in [-0.05, 0) is 55.9 Å². The van der Waals surface area contributed by atoms with Crippen LogP contribution in [0.5, 0.6) is 0 Å². The molecule has 30 heavy (non-hydrogen) atoms. The van der Waals surface area contributed by atoms with Gasteiger partial charge in [0.15, 0.2) is 0 Å². The highest BCUT2D eigenvalue weighted by Gasteiger charge is 2.21. The molecule has 2 aliphatic rings. The van der Waals surface area contributed by atoms with Gasteiger partial charge >= 0.3 is 6.09 Å². The van der Waals surface area contributed by atoms with Gasteiger partial charge in [-0.3, -0.25) is 9.69 Å². The maximum absolute atomic E-state index is 12.5. The molecule has 0 atom stereocenters. The zero-order chi connectivity index (χ0) is 21.3. The number of anilines is 2. The second kappa shape index (κ2) is 11.2. The third-order valence-corrected chi connectivity index (χ3v) is 5.63. The van der Waals surface area contributed by atoms with E-state index in [0.717, 1.165) is 31.7 Å². The van der Waals surface area contributed by atoms with E-state index in [4.69, 9.17) is 4.74 Å². The summed E-state index contributed by atoms with van der Waals surface area (Å²) < 4.78 is 5.33. The largest absolute Gasteiger partial charge is 0.449 e. The van der Waals surface area contributed by atoms with Gasteiger partial charge in [-0.1, -0.05) is 13.8 Å². The maximum Gasteiger partial charge on any atom is 0.409 e. The summed E-state index contributed by atoms with van der Waals surface area (Å²) in [5, 5.41) is 3.00. The Morgan fingerprint density at radius 2 is 1.67 bits per heavy atom. The summed E-state index contributed by atoms with van der Waals surface area (Å²) in [6.07, 6.45) is 4.42. The summed E-state index contributed by atoms with van der Waals surface area (Å²) in [5.41, 5.74) is 2.05. The maximum atomic E-state index is 12.5. The molecule has 7 nitrogen and oxygen atoms in total. The number of nitrogens with one attached hydrogen (secondary N) is 1. The van der Waals surface area contributed by atoms with E-state index in [1.807, 2.05) is 26.0 Å². The van der Waals surface area contributed by atoms with Gasteiger partial charge in [-0.2, -0.15) is 0 Å². The van der Waals surface area contributed by atoms with E-state index in [1.54, 1.807) is 4.90 Å². The number of nitrogens with zero attached hydrogens (tertiary/aromatic N) is 3. The quantitative estimate of drug-likeness (QED) is 0.770. The molecule has 2 amide bonds. The van der Waals surface area contributed by atoms with Crippen LogP contribution >= 0.6 is 0 Å². The predicted molar refractivity (Wildman–Crippen MR) is 120 cm³/mol. The lowest BCUT2D eigenvalue weighted by Crippen LogP contribution is -2.38. The number of rotatable bonds is 6. The smallest absolute Gasteiger partial charge is 0.409 e. The third kappa shape index (κ3) is 6.90. The Labute approximate surface area is 180 Å². The molecular weight excluding hydrogens is 380 g/mol. The first-order valence-electron chi connectivity index (χ1n) is 11.3. The minimum atomic E-state index is -0.246. The SMILES string of the molecule is CC(C)COC(=O)N1CCCN(CC(=O)Nc2ccc(N3CCCCC3)cc2)CC1. The van der Waals surface area contributed by atoms with Crippen LogP contribution in [0.1, 0.15) is 39.5 Å². The van der Waals surface area contributed by atoms with Gasteiger partial charge in [0, 0.05) is 50.6 Å². The van der Waals surface area contributed by atoms with Crippen molar-refractivity contribution >= 4 is 23.4 Å². The number of carbonyl (C=O) groups excluding carboxylic acids is 2. The predicted octanol–water partition coefficient (Wildman–Crippen LogP) is 3.42. The Balaban J connectivity index is 1.43. The zero-order valence-corrected chi connectivity index (χ0v) is 18.4. The highest BCUT2D eigenvalue weighted by Crippen LogP contribution is 2.21. The molecular formula is C23H36N4O3. The lowest BCUT2D eigenvalue weighted by atomic mass is 10.1. The summed E-state index contributed by atoms with van der Waals surface area (Å²) >= 11 is 0. The molecule has 0 bridgehead atoms. The third-order valence-electron chi connectivity index (χ3n) is 5.63. The average Bonchev–Trinajstić information content (AvgIpc) is 2.98. The summed E-state index contributed by atoms with van der Waals surface area (Å²) in [7, 11) is 0. The van der Waals surface area contributed by atoms with E-state index >= 15 is 0 Å². The van der Waals surface area contributed by atoms with Crippen molar-refractivity contribution in [2.75, 3.05) is 62.6 Å². The van der Waals surface area contributed by atoms with Crippen molar-refractivity contribution < 1.29 is 14.3 Å². The fourth-order valence-electron chi connectivity index (χ4n) is 3.95. The van der Waals surface area contributed by atoms with Crippen LogP contribution in [-0.4, -0.2) is 74.2 Å². The lowest BCUT2D eigenvalue weighted by molar-refractivity contribution is -0.117. The van der Waals surface area contributed by atoms with Gasteiger partial charge in [0.2, 0.25) is 5.91 Å². The van der Waals surface area contributed by atoms with E-state index in [9.17, 15) is 9.59 Å². The fraction of sp³-hybridized carbons (Fsp3) is 0.652. The van der Waals surface area contributed by atoms with Crippen LogP contribution in [0.15, 0.2) is 24.3 Å². The molecule has 3 rings (SSSR count). The number of benzene rings is 1. The number of amides is 2. The number of piperidine rings is 1. The molecule has 2 aliphatic heterocycles. The topological polar surface area (TPSA) is 65.1 Å². The van der Waals surface area contributed by atoms with Gasteiger partial charge < -0.3 is 19.9 Å². The Morgan fingerprint density at radius 1 is 0.933 bits per heavy atom. The molecule has 166 valence electrons. The van der Waals surface area contributed by atoms with E-state index in [0.29, 0.717) is 38.7 Å². The average molecular weight is 417 g/mol. The molecule has 2 saturated heterocycles. The highest BCUT2D eigenvalue weighted by atomic mass is 16.6. The fourth-order valence-corrected chi connectivity index (χ4v) is 3.95. The number of carbonyl (C=O) groups is 2. The second-order valence-corrected chi connectivity index (χ2v) is 8.73. The summed E-state index contributed by atoms with van der Waals surface area (Å²) in [4.78, 5) is 30.9. The minimum Gasteiger partial charge on any atom is -0.449 e.